The van der Waals surface area contributed by atoms with E-state index in [2.05, 4.69) is 20.9 Å². The fourth-order valence-corrected chi connectivity index (χ4v) is 1.81. The number of aromatic nitrogens is 1. The molecule has 1 aromatic carbocycles. The van der Waals surface area contributed by atoms with Crippen molar-refractivity contribution in [1.29, 1.82) is 0 Å². The zero-order valence-corrected chi connectivity index (χ0v) is 9.92. The molecule has 1 N–H and O–H groups in total. The molecule has 0 amide bonds. The summed E-state index contributed by atoms with van der Waals surface area (Å²) in [6.45, 7) is 0. The summed E-state index contributed by atoms with van der Waals surface area (Å²) in [5.74, 6) is -0.389. The maximum Gasteiger partial charge on any atom is 0.255 e. The lowest BCUT2D eigenvalue weighted by Gasteiger charge is -2.03. The Kier molecular flexibility index (Phi) is 3.19. The molecule has 1 heterocycles. The van der Waals surface area contributed by atoms with E-state index < -0.39 is 0 Å². The SMILES string of the molecule is O=c1[nH]cc(CBr)cc1-c1ccccc1F. The predicted octanol–water partition coefficient (Wildman–Crippen LogP) is 3.08. The molecule has 2 aromatic rings. The molecule has 2 rings (SSSR count). The van der Waals surface area contributed by atoms with Crippen LogP contribution in [0.1, 0.15) is 5.56 Å². The van der Waals surface area contributed by atoms with Gasteiger partial charge < -0.3 is 4.98 Å². The molecule has 2 nitrogen and oxygen atoms in total. The maximum atomic E-state index is 13.5. The van der Waals surface area contributed by atoms with Gasteiger partial charge in [0.05, 0.1) is 5.56 Å². The summed E-state index contributed by atoms with van der Waals surface area (Å²) in [5, 5.41) is 0.616. The lowest BCUT2D eigenvalue weighted by molar-refractivity contribution is 0.631. The van der Waals surface area contributed by atoms with E-state index in [4.69, 9.17) is 0 Å². The molecule has 1 aromatic heterocycles. The first-order valence-electron chi connectivity index (χ1n) is 4.75. The number of nitrogens with one attached hydrogen (secondary N) is 1. The highest BCUT2D eigenvalue weighted by atomic mass is 79.9. The van der Waals surface area contributed by atoms with Crippen LogP contribution in [0.5, 0.6) is 0 Å². The second-order valence-corrected chi connectivity index (χ2v) is 3.92. The van der Waals surface area contributed by atoms with Crippen LogP contribution in [0.15, 0.2) is 41.3 Å². The third-order valence-electron chi connectivity index (χ3n) is 2.28. The van der Waals surface area contributed by atoms with E-state index >= 15 is 0 Å². The minimum atomic E-state index is -0.389. The molecule has 0 aliphatic heterocycles. The summed E-state index contributed by atoms with van der Waals surface area (Å²) in [6, 6.07) is 7.93. The summed E-state index contributed by atoms with van der Waals surface area (Å²) in [7, 11) is 0. The van der Waals surface area contributed by atoms with Crippen LogP contribution in [-0.4, -0.2) is 4.98 Å². The highest BCUT2D eigenvalue weighted by molar-refractivity contribution is 9.08. The summed E-state index contributed by atoms with van der Waals surface area (Å²) in [5.41, 5.74) is 1.30. The predicted molar refractivity (Wildman–Crippen MR) is 65.1 cm³/mol. The van der Waals surface area contributed by atoms with E-state index in [0.717, 1.165) is 5.56 Å². The van der Waals surface area contributed by atoms with Crippen LogP contribution in [0.3, 0.4) is 0 Å². The van der Waals surface area contributed by atoms with E-state index in [1.807, 2.05) is 0 Å². The van der Waals surface area contributed by atoms with Crippen molar-refractivity contribution in [2.75, 3.05) is 0 Å². The van der Waals surface area contributed by atoms with Gasteiger partial charge in [0.15, 0.2) is 0 Å². The van der Waals surface area contributed by atoms with Gasteiger partial charge >= 0.3 is 0 Å². The molecular formula is C12H9BrFNO. The molecule has 0 bridgehead atoms. The summed E-state index contributed by atoms with van der Waals surface area (Å²) < 4.78 is 13.5. The van der Waals surface area contributed by atoms with Gasteiger partial charge in [-0.05, 0) is 17.7 Å². The van der Waals surface area contributed by atoms with Crippen LogP contribution >= 0.6 is 15.9 Å². The van der Waals surface area contributed by atoms with Gasteiger partial charge in [-0.3, -0.25) is 4.79 Å². The number of alkyl halides is 1. The molecule has 4 heteroatoms. The monoisotopic (exact) mass is 281 g/mol. The lowest BCUT2D eigenvalue weighted by atomic mass is 10.1. The van der Waals surface area contributed by atoms with Crippen molar-refractivity contribution < 1.29 is 4.39 Å². The van der Waals surface area contributed by atoms with Crippen molar-refractivity contribution in [2.24, 2.45) is 0 Å². The molecular weight excluding hydrogens is 273 g/mol. The van der Waals surface area contributed by atoms with Crippen LogP contribution in [0, 0.1) is 5.82 Å². The number of H-pyrrole nitrogens is 1. The van der Waals surface area contributed by atoms with Crippen LogP contribution in [0.4, 0.5) is 4.39 Å². The maximum absolute atomic E-state index is 13.5. The zero-order chi connectivity index (χ0) is 11.5. The quantitative estimate of drug-likeness (QED) is 0.844. The van der Waals surface area contributed by atoms with Gasteiger partial charge in [-0.15, -0.1) is 0 Å². The van der Waals surface area contributed by atoms with Gasteiger partial charge in [0, 0.05) is 17.1 Å². The van der Waals surface area contributed by atoms with E-state index in [9.17, 15) is 9.18 Å². The van der Waals surface area contributed by atoms with Gasteiger partial charge in [-0.25, -0.2) is 4.39 Å². The fourth-order valence-electron chi connectivity index (χ4n) is 1.49. The number of aromatic amines is 1. The third-order valence-corrected chi connectivity index (χ3v) is 2.93. The highest BCUT2D eigenvalue weighted by Crippen LogP contribution is 2.20. The summed E-state index contributed by atoms with van der Waals surface area (Å²) >= 11 is 3.29. The first-order chi connectivity index (χ1) is 7.72. The molecule has 82 valence electrons. The van der Waals surface area contributed by atoms with Crippen molar-refractivity contribution in [3.63, 3.8) is 0 Å². The van der Waals surface area contributed by atoms with E-state index in [1.54, 1.807) is 30.5 Å². The van der Waals surface area contributed by atoms with Crippen LogP contribution < -0.4 is 5.56 Å². The molecule has 0 unspecified atom stereocenters. The van der Waals surface area contributed by atoms with Crippen molar-refractivity contribution in [2.45, 2.75) is 5.33 Å². The van der Waals surface area contributed by atoms with E-state index in [1.165, 1.54) is 6.07 Å². The lowest BCUT2D eigenvalue weighted by Crippen LogP contribution is -2.09. The Bertz CT molecular complexity index is 565. The minimum Gasteiger partial charge on any atom is -0.328 e. The van der Waals surface area contributed by atoms with Gasteiger partial charge in [0.1, 0.15) is 5.82 Å². The Balaban J connectivity index is 2.64. The number of hydrogen-bond donors (Lipinski definition) is 1. The second-order valence-electron chi connectivity index (χ2n) is 3.36. The summed E-state index contributed by atoms with van der Waals surface area (Å²) in [4.78, 5) is 14.2. The molecule has 16 heavy (non-hydrogen) atoms. The number of pyridine rings is 1. The second kappa shape index (κ2) is 4.61. The third kappa shape index (κ3) is 2.07. The van der Waals surface area contributed by atoms with Gasteiger partial charge in [-0.1, -0.05) is 34.1 Å². The van der Waals surface area contributed by atoms with Crippen LogP contribution in [0.2, 0.25) is 0 Å². The first-order valence-corrected chi connectivity index (χ1v) is 5.87. The average molecular weight is 282 g/mol. The number of hydrogen-bond acceptors (Lipinski definition) is 1. The molecule has 0 aliphatic carbocycles. The number of benzene rings is 1. The number of rotatable bonds is 2. The molecule has 0 saturated carbocycles. The van der Waals surface area contributed by atoms with E-state index in [-0.39, 0.29) is 11.4 Å². The Morgan fingerprint density at radius 1 is 1.25 bits per heavy atom. The van der Waals surface area contributed by atoms with Crippen molar-refractivity contribution in [1.82, 2.24) is 4.98 Å². The highest BCUT2D eigenvalue weighted by Gasteiger charge is 2.08. The van der Waals surface area contributed by atoms with Crippen LogP contribution in [0.25, 0.3) is 11.1 Å². The Morgan fingerprint density at radius 2 is 2.00 bits per heavy atom. The summed E-state index contributed by atoms with van der Waals surface area (Å²) in [6.07, 6.45) is 1.61. The molecule has 0 fully saturated rings. The standard InChI is InChI=1S/C12H9BrFNO/c13-6-8-5-10(12(16)15-7-8)9-3-1-2-4-11(9)14/h1-5,7H,6H2,(H,15,16). The van der Waals surface area contributed by atoms with Crippen molar-refractivity contribution in [3.8, 4) is 11.1 Å². The molecule has 0 saturated heterocycles. The Labute approximate surface area is 100 Å². The average Bonchev–Trinajstić information content (AvgIpc) is 2.31. The zero-order valence-electron chi connectivity index (χ0n) is 8.34. The minimum absolute atomic E-state index is 0.283. The largest absolute Gasteiger partial charge is 0.328 e. The normalized spacial score (nSPS) is 10.4. The van der Waals surface area contributed by atoms with Crippen LogP contribution in [-0.2, 0) is 5.33 Å². The van der Waals surface area contributed by atoms with Crippen molar-refractivity contribution >= 4 is 15.9 Å². The topological polar surface area (TPSA) is 32.9 Å². The van der Waals surface area contributed by atoms with Crippen molar-refractivity contribution in [3.05, 3.63) is 58.3 Å². The smallest absolute Gasteiger partial charge is 0.255 e. The van der Waals surface area contributed by atoms with Gasteiger partial charge in [0.25, 0.3) is 5.56 Å². The first kappa shape index (κ1) is 11.1. The molecule has 0 radical (unpaired) electrons. The van der Waals surface area contributed by atoms with E-state index in [0.29, 0.717) is 16.5 Å². The molecule has 0 atom stereocenters. The molecule has 0 spiro atoms. The Morgan fingerprint density at radius 3 is 2.69 bits per heavy atom. The Hall–Kier alpha value is -1.42. The molecule has 0 aliphatic rings. The van der Waals surface area contributed by atoms with Gasteiger partial charge in [-0.2, -0.15) is 0 Å². The van der Waals surface area contributed by atoms with Gasteiger partial charge in [0.2, 0.25) is 0 Å². The fraction of sp³-hybridized carbons (Fsp3) is 0.0833. The number of halogens is 2.